The Morgan fingerprint density at radius 1 is 0.950 bits per heavy atom. The second-order valence-electron chi connectivity index (χ2n) is 4.04. The van der Waals surface area contributed by atoms with Crippen molar-refractivity contribution in [2.75, 3.05) is 5.73 Å². The summed E-state index contributed by atoms with van der Waals surface area (Å²) in [5, 5.41) is 1.23. The van der Waals surface area contributed by atoms with Gasteiger partial charge in [-0.3, -0.25) is 0 Å². The van der Waals surface area contributed by atoms with Crippen LogP contribution >= 0.6 is 34.9 Å². The van der Waals surface area contributed by atoms with Crippen LogP contribution in [-0.4, -0.2) is 9.36 Å². The number of nitrogens with zero attached hydrogens (tertiary/aromatic N) is 2. The van der Waals surface area contributed by atoms with Crippen LogP contribution in [0.1, 0.15) is 0 Å². The molecule has 0 fully saturated rings. The average molecular weight is 320 g/mol. The summed E-state index contributed by atoms with van der Waals surface area (Å²) < 4.78 is 4.19. The van der Waals surface area contributed by atoms with Crippen LogP contribution in [0.4, 0.5) is 5.13 Å². The molecule has 20 heavy (non-hydrogen) atoms. The molecule has 0 radical (unpaired) electrons. The van der Waals surface area contributed by atoms with Crippen LogP contribution in [0.25, 0.3) is 11.4 Å². The summed E-state index contributed by atoms with van der Waals surface area (Å²) in [6, 6.07) is 15.9. The van der Waals surface area contributed by atoms with Crippen LogP contribution < -0.4 is 5.73 Å². The monoisotopic (exact) mass is 319 g/mol. The predicted molar refractivity (Wildman–Crippen MR) is 85.3 cm³/mol. The first-order chi connectivity index (χ1) is 9.70. The molecule has 100 valence electrons. The van der Waals surface area contributed by atoms with Crippen LogP contribution in [0.2, 0.25) is 5.02 Å². The summed E-state index contributed by atoms with van der Waals surface area (Å²) >= 11 is 8.76. The summed E-state index contributed by atoms with van der Waals surface area (Å²) in [7, 11) is 0. The van der Waals surface area contributed by atoms with Crippen molar-refractivity contribution in [1.82, 2.24) is 9.36 Å². The summed E-state index contributed by atoms with van der Waals surface area (Å²) in [4.78, 5) is 6.47. The smallest absolute Gasteiger partial charge is 0.200 e. The Labute approximate surface area is 130 Å². The molecule has 3 rings (SSSR count). The lowest BCUT2D eigenvalue weighted by atomic mass is 10.2. The maximum atomic E-state index is 5.87. The summed E-state index contributed by atoms with van der Waals surface area (Å²) in [6.07, 6.45) is 0. The Morgan fingerprint density at radius 3 is 2.10 bits per heavy atom. The highest BCUT2D eigenvalue weighted by molar-refractivity contribution is 7.99. The van der Waals surface area contributed by atoms with Crippen molar-refractivity contribution >= 4 is 40.0 Å². The van der Waals surface area contributed by atoms with Crippen LogP contribution in [0.15, 0.2) is 58.3 Å². The molecule has 2 aromatic carbocycles. The van der Waals surface area contributed by atoms with Gasteiger partial charge in [-0.25, -0.2) is 0 Å². The molecule has 0 atom stereocenters. The molecule has 6 heteroatoms. The van der Waals surface area contributed by atoms with Crippen molar-refractivity contribution in [1.29, 1.82) is 0 Å². The highest BCUT2D eigenvalue weighted by Gasteiger charge is 2.05. The molecule has 0 amide bonds. The van der Waals surface area contributed by atoms with Gasteiger partial charge in [0.25, 0.3) is 0 Å². The lowest BCUT2D eigenvalue weighted by Crippen LogP contribution is -1.83. The zero-order valence-electron chi connectivity index (χ0n) is 10.3. The topological polar surface area (TPSA) is 51.8 Å². The maximum Gasteiger partial charge on any atom is 0.200 e. The van der Waals surface area contributed by atoms with Gasteiger partial charge in [-0.15, -0.1) is 0 Å². The van der Waals surface area contributed by atoms with E-state index in [1.165, 1.54) is 11.5 Å². The molecular formula is C14H10ClN3S2. The molecule has 0 aliphatic carbocycles. The summed E-state index contributed by atoms with van der Waals surface area (Å²) in [5.41, 5.74) is 6.56. The fourth-order valence-corrected chi connectivity index (χ4v) is 3.06. The van der Waals surface area contributed by atoms with Gasteiger partial charge in [0.15, 0.2) is 11.0 Å². The third kappa shape index (κ3) is 3.12. The van der Waals surface area contributed by atoms with Gasteiger partial charge in [0.2, 0.25) is 0 Å². The Morgan fingerprint density at radius 2 is 1.55 bits per heavy atom. The zero-order valence-corrected chi connectivity index (χ0v) is 12.7. The molecule has 0 aliphatic heterocycles. The Kier molecular flexibility index (Phi) is 3.91. The number of anilines is 1. The number of halogens is 1. The summed E-state index contributed by atoms with van der Waals surface area (Å²) in [6.45, 7) is 0. The van der Waals surface area contributed by atoms with Crippen LogP contribution in [0, 0.1) is 0 Å². The zero-order chi connectivity index (χ0) is 13.9. The van der Waals surface area contributed by atoms with Crippen molar-refractivity contribution in [3.63, 3.8) is 0 Å². The SMILES string of the molecule is Nc1nc(-c2ccc(Sc3ccc(Cl)cc3)cc2)ns1. The van der Waals surface area contributed by atoms with E-state index in [0.29, 0.717) is 11.0 Å². The first-order valence-corrected chi connectivity index (χ1v) is 7.80. The first kappa shape index (κ1) is 13.4. The standard InChI is InChI=1S/C14H10ClN3S2/c15-10-3-7-12(8-4-10)19-11-5-1-9(2-6-11)13-17-14(16)20-18-13/h1-8H,(H2,16,17,18). The van der Waals surface area contributed by atoms with Gasteiger partial charge in [0.1, 0.15) is 0 Å². The van der Waals surface area contributed by atoms with Gasteiger partial charge in [-0.05, 0) is 36.4 Å². The van der Waals surface area contributed by atoms with Crippen LogP contribution in [0.3, 0.4) is 0 Å². The number of benzene rings is 2. The van der Waals surface area contributed by atoms with E-state index in [0.717, 1.165) is 20.4 Å². The highest BCUT2D eigenvalue weighted by Crippen LogP contribution is 2.30. The van der Waals surface area contributed by atoms with E-state index in [1.54, 1.807) is 11.8 Å². The first-order valence-electron chi connectivity index (χ1n) is 5.84. The third-order valence-corrected chi connectivity index (χ3v) is 4.41. The molecule has 0 saturated heterocycles. The fraction of sp³-hybridized carbons (Fsp3) is 0. The Balaban J connectivity index is 1.77. The largest absolute Gasteiger partial charge is 0.374 e. The van der Waals surface area contributed by atoms with E-state index in [4.69, 9.17) is 17.3 Å². The molecule has 0 bridgehead atoms. The Bertz CT molecular complexity index is 708. The van der Waals surface area contributed by atoms with Gasteiger partial charge >= 0.3 is 0 Å². The minimum atomic E-state index is 0.486. The fourth-order valence-electron chi connectivity index (χ4n) is 1.66. The average Bonchev–Trinajstić information content (AvgIpc) is 2.89. The van der Waals surface area contributed by atoms with Crippen molar-refractivity contribution in [3.05, 3.63) is 53.6 Å². The third-order valence-electron chi connectivity index (χ3n) is 2.60. The number of hydrogen-bond acceptors (Lipinski definition) is 5. The number of nitrogens with two attached hydrogens (primary N) is 1. The minimum absolute atomic E-state index is 0.486. The van der Waals surface area contributed by atoms with Gasteiger partial charge in [0.05, 0.1) is 0 Å². The van der Waals surface area contributed by atoms with Crippen LogP contribution in [0.5, 0.6) is 0 Å². The second kappa shape index (κ2) is 5.83. The molecule has 0 aliphatic rings. The lowest BCUT2D eigenvalue weighted by molar-refractivity contribution is 1.31. The number of nitrogen functional groups attached to an aromatic ring is 1. The van der Waals surface area contributed by atoms with Crippen LogP contribution in [-0.2, 0) is 0 Å². The summed E-state index contributed by atoms with van der Waals surface area (Å²) in [5.74, 6) is 0.676. The number of aromatic nitrogens is 2. The van der Waals surface area contributed by atoms with E-state index in [1.807, 2.05) is 48.5 Å². The Hall–Kier alpha value is -1.56. The van der Waals surface area contributed by atoms with Crippen molar-refractivity contribution in [3.8, 4) is 11.4 Å². The van der Waals surface area contributed by atoms with E-state index in [9.17, 15) is 0 Å². The van der Waals surface area contributed by atoms with Gasteiger partial charge in [0, 0.05) is 31.9 Å². The normalized spacial score (nSPS) is 10.7. The van der Waals surface area contributed by atoms with Gasteiger partial charge in [-0.1, -0.05) is 35.5 Å². The lowest BCUT2D eigenvalue weighted by Gasteiger charge is -2.02. The maximum absolute atomic E-state index is 5.87. The molecule has 3 aromatic rings. The molecule has 1 aromatic heterocycles. The highest BCUT2D eigenvalue weighted by atomic mass is 35.5. The molecule has 0 spiro atoms. The quantitative estimate of drug-likeness (QED) is 0.767. The number of hydrogen-bond donors (Lipinski definition) is 1. The minimum Gasteiger partial charge on any atom is -0.374 e. The van der Waals surface area contributed by atoms with E-state index >= 15 is 0 Å². The van der Waals surface area contributed by atoms with Crippen molar-refractivity contribution < 1.29 is 0 Å². The molecule has 0 unspecified atom stereocenters. The van der Waals surface area contributed by atoms with E-state index in [-0.39, 0.29) is 0 Å². The molecular weight excluding hydrogens is 310 g/mol. The molecule has 2 N–H and O–H groups in total. The molecule has 1 heterocycles. The van der Waals surface area contributed by atoms with Crippen molar-refractivity contribution in [2.24, 2.45) is 0 Å². The second-order valence-corrected chi connectivity index (χ2v) is 6.40. The number of rotatable bonds is 3. The molecule has 3 nitrogen and oxygen atoms in total. The molecule has 0 saturated carbocycles. The van der Waals surface area contributed by atoms with Gasteiger partial charge < -0.3 is 5.73 Å². The predicted octanol–water partition coefficient (Wildman–Crippen LogP) is 4.59. The van der Waals surface area contributed by atoms with Crippen molar-refractivity contribution in [2.45, 2.75) is 9.79 Å². The van der Waals surface area contributed by atoms with E-state index < -0.39 is 0 Å². The van der Waals surface area contributed by atoms with E-state index in [2.05, 4.69) is 9.36 Å². The van der Waals surface area contributed by atoms with Gasteiger partial charge in [-0.2, -0.15) is 9.36 Å².